The number of nitrogens with zero attached hydrogens (tertiary/aromatic N) is 3. The summed E-state index contributed by atoms with van der Waals surface area (Å²) in [5.41, 5.74) is 0.399. The molecule has 104 valence electrons. The highest BCUT2D eigenvalue weighted by molar-refractivity contribution is 14.0. The molecule has 5 nitrogen and oxygen atoms in total. The van der Waals surface area contributed by atoms with Crippen molar-refractivity contribution in [3.63, 3.8) is 0 Å². The zero-order valence-corrected chi connectivity index (χ0v) is 13.4. The lowest BCUT2D eigenvalue weighted by Gasteiger charge is -2.35. The van der Waals surface area contributed by atoms with Gasteiger partial charge in [-0.2, -0.15) is 0 Å². The molecule has 0 spiro atoms. The molecule has 2 fully saturated rings. The molecule has 0 amide bonds. The van der Waals surface area contributed by atoms with Gasteiger partial charge >= 0.3 is 0 Å². The van der Waals surface area contributed by atoms with E-state index in [9.17, 15) is 0 Å². The maximum atomic E-state index is 5.42. The monoisotopic (exact) mass is 366 g/mol. The molecule has 6 heteroatoms. The number of nitrogens with one attached hydrogen (secondary N) is 1. The van der Waals surface area contributed by atoms with Crippen molar-refractivity contribution in [2.24, 2.45) is 4.99 Å². The fraction of sp³-hybridized carbons (Fsp3) is 0.917. The van der Waals surface area contributed by atoms with Crippen molar-refractivity contribution in [1.29, 1.82) is 0 Å². The highest BCUT2D eigenvalue weighted by Crippen LogP contribution is 2.41. The van der Waals surface area contributed by atoms with Crippen LogP contribution in [0, 0.1) is 0 Å². The topological polar surface area (TPSA) is 40.1 Å². The highest BCUT2D eigenvalue weighted by Gasteiger charge is 2.48. The lowest BCUT2D eigenvalue weighted by atomic mass is 10.2. The summed E-state index contributed by atoms with van der Waals surface area (Å²) in [7, 11) is 2.10. The fourth-order valence-corrected chi connectivity index (χ4v) is 2.75. The Hall–Kier alpha value is -0.0800. The first-order valence-electron chi connectivity index (χ1n) is 6.62. The van der Waals surface area contributed by atoms with Crippen LogP contribution in [0.4, 0.5) is 0 Å². The first kappa shape index (κ1) is 14.3. The first-order chi connectivity index (χ1) is 8.30. The quantitative estimate of drug-likeness (QED) is 0.733. The summed E-state index contributed by atoms with van der Waals surface area (Å²) < 4.78 is 5.42. The van der Waals surface area contributed by atoms with Crippen molar-refractivity contribution >= 4 is 29.9 Å². The highest BCUT2D eigenvalue weighted by atomic mass is 127. The molecule has 0 aromatic carbocycles. The van der Waals surface area contributed by atoms with Gasteiger partial charge in [0.1, 0.15) is 0 Å². The second-order valence-electron chi connectivity index (χ2n) is 5.30. The summed E-state index contributed by atoms with van der Waals surface area (Å²) in [4.78, 5) is 9.28. The van der Waals surface area contributed by atoms with E-state index in [4.69, 9.17) is 4.74 Å². The normalized spacial score (nSPS) is 26.5. The summed E-state index contributed by atoms with van der Waals surface area (Å²) in [5, 5.41) is 3.52. The summed E-state index contributed by atoms with van der Waals surface area (Å²) in [6.45, 7) is 6.98. The van der Waals surface area contributed by atoms with Crippen molar-refractivity contribution in [3.05, 3.63) is 0 Å². The number of hydrogen-bond donors (Lipinski definition) is 1. The van der Waals surface area contributed by atoms with Crippen LogP contribution in [0.3, 0.4) is 0 Å². The molecule has 2 heterocycles. The van der Waals surface area contributed by atoms with E-state index in [1.165, 1.54) is 12.8 Å². The summed E-state index contributed by atoms with van der Waals surface area (Å²) in [5.74, 6) is 1.07. The number of aliphatic imine (C=N–C) groups is 1. The number of guanidine groups is 1. The Balaban J connectivity index is 0.00000120. The van der Waals surface area contributed by atoms with Crippen LogP contribution in [-0.4, -0.2) is 74.3 Å². The van der Waals surface area contributed by atoms with Gasteiger partial charge in [-0.25, -0.2) is 0 Å². The molecule has 0 radical (unpaired) electrons. The Morgan fingerprint density at radius 1 is 1.28 bits per heavy atom. The minimum absolute atomic E-state index is 0. The molecule has 3 rings (SSSR count). The third-order valence-electron chi connectivity index (χ3n) is 4.14. The Bertz CT molecular complexity index is 313. The predicted molar refractivity (Wildman–Crippen MR) is 82.7 cm³/mol. The smallest absolute Gasteiger partial charge is 0.193 e. The van der Waals surface area contributed by atoms with Crippen molar-refractivity contribution in [2.45, 2.75) is 18.4 Å². The van der Waals surface area contributed by atoms with E-state index in [-0.39, 0.29) is 24.0 Å². The zero-order chi connectivity index (χ0) is 11.7. The van der Waals surface area contributed by atoms with Crippen molar-refractivity contribution in [2.75, 3.05) is 53.0 Å². The van der Waals surface area contributed by atoms with Crippen LogP contribution < -0.4 is 5.32 Å². The lowest BCUT2D eigenvalue weighted by Crippen LogP contribution is -2.51. The average Bonchev–Trinajstić information content (AvgIpc) is 3.06. The molecule has 3 aliphatic rings. The van der Waals surface area contributed by atoms with Gasteiger partial charge < -0.3 is 15.0 Å². The molecule has 0 unspecified atom stereocenters. The zero-order valence-electron chi connectivity index (χ0n) is 11.0. The first-order valence-corrected chi connectivity index (χ1v) is 6.62. The van der Waals surface area contributed by atoms with Crippen molar-refractivity contribution in [3.8, 4) is 0 Å². The molecular weight excluding hydrogens is 343 g/mol. The number of halogens is 1. The van der Waals surface area contributed by atoms with Gasteiger partial charge in [-0.3, -0.25) is 9.89 Å². The fourth-order valence-electron chi connectivity index (χ4n) is 2.75. The maximum Gasteiger partial charge on any atom is 0.193 e. The lowest BCUT2D eigenvalue weighted by molar-refractivity contribution is 0.0105. The number of ether oxygens (including phenoxy) is 1. The third-order valence-corrected chi connectivity index (χ3v) is 4.14. The molecule has 1 saturated carbocycles. The Kier molecular flexibility index (Phi) is 4.71. The van der Waals surface area contributed by atoms with Crippen LogP contribution in [0.2, 0.25) is 0 Å². The van der Waals surface area contributed by atoms with E-state index in [0.717, 1.165) is 51.9 Å². The van der Waals surface area contributed by atoms with Crippen LogP contribution in [0.25, 0.3) is 0 Å². The van der Waals surface area contributed by atoms with Crippen molar-refractivity contribution < 1.29 is 4.74 Å². The average molecular weight is 366 g/mol. The molecule has 0 aromatic heterocycles. The minimum atomic E-state index is 0. The van der Waals surface area contributed by atoms with Crippen LogP contribution in [0.15, 0.2) is 4.99 Å². The van der Waals surface area contributed by atoms with Gasteiger partial charge in [0, 0.05) is 38.8 Å². The van der Waals surface area contributed by atoms with Crippen LogP contribution in [0.5, 0.6) is 0 Å². The minimum Gasteiger partial charge on any atom is -0.379 e. The van der Waals surface area contributed by atoms with Gasteiger partial charge in [0.2, 0.25) is 0 Å². The molecule has 0 aromatic rings. The van der Waals surface area contributed by atoms with Crippen LogP contribution in [-0.2, 0) is 4.74 Å². The molecule has 1 aliphatic carbocycles. The van der Waals surface area contributed by atoms with Gasteiger partial charge in [-0.1, -0.05) is 0 Å². The molecule has 0 bridgehead atoms. The van der Waals surface area contributed by atoms with Gasteiger partial charge in [-0.15, -0.1) is 24.0 Å². The van der Waals surface area contributed by atoms with Gasteiger partial charge in [0.05, 0.1) is 19.8 Å². The third kappa shape index (κ3) is 2.91. The van der Waals surface area contributed by atoms with Gasteiger partial charge in [-0.05, 0) is 12.8 Å². The molecule has 2 aliphatic heterocycles. The number of hydrogen-bond acceptors (Lipinski definition) is 5. The predicted octanol–water partition coefficient (Wildman–Crippen LogP) is 0.360. The van der Waals surface area contributed by atoms with E-state index < -0.39 is 0 Å². The summed E-state index contributed by atoms with van der Waals surface area (Å²) in [6.07, 6.45) is 2.63. The van der Waals surface area contributed by atoms with Crippen LogP contribution in [0.1, 0.15) is 12.8 Å². The van der Waals surface area contributed by atoms with Gasteiger partial charge in [0.25, 0.3) is 0 Å². The SMILES string of the molecule is CN1CCN=C1NCC1(N2CCOCC2)CC1.I. The van der Waals surface area contributed by atoms with Crippen molar-refractivity contribution in [1.82, 2.24) is 15.1 Å². The number of rotatable bonds is 3. The molecular formula is C12H23IN4O. The molecule has 1 saturated heterocycles. The molecule has 0 atom stereocenters. The second-order valence-corrected chi connectivity index (χ2v) is 5.30. The molecule has 18 heavy (non-hydrogen) atoms. The summed E-state index contributed by atoms with van der Waals surface area (Å²) >= 11 is 0. The van der Waals surface area contributed by atoms with E-state index in [1.54, 1.807) is 0 Å². The van der Waals surface area contributed by atoms with E-state index in [0.29, 0.717) is 5.54 Å². The summed E-state index contributed by atoms with van der Waals surface area (Å²) in [6, 6.07) is 0. The molecule has 1 N–H and O–H groups in total. The van der Waals surface area contributed by atoms with Gasteiger partial charge in [0.15, 0.2) is 5.96 Å². The number of likely N-dealkylation sites (N-methyl/N-ethyl adjacent to an activating group) is 1. The Labute approximate surface area is 126 Å². The Morgan fingerprint density at radius 2 is 2.00 bits per heavy atom. The second kappa shape index (κ2) is 5.92. The number of morpholine rings is 1. The maximum absolute atomic E-state index is 5.42. The van der Waals surface area contributed by atoms with E-state index in [1.807, 2.05) is 0 Å². The Morgan fingerprint density at radius 3 is 2.56 bits per heavy atom. The largest absolute Gasteiger partial charge is 0.379 e. The standard InChI is InChI=1S/C12H22N4O.HI/c1-15-5-4-13-11(15)14-10-12(2-3-12)16-6-8-17-9-7-16;/h2-10H2,1H3,(H,13,14);1H. The van der Waals surface area contributed by atoms with E-state index >= 15 is 0 Å². The van der Waals surface area contributed by atoms with E-state index in [2.05, 4.69) is 27.2 Å². The van der Waals surface area contributed by atoms with Crippen LogP contribution >= 0.6 is 24.0 Å².